The lowest BCUT2D eigenvalue weighted by Crippen LogP contribution is -2.48. The van der Waals surface area contributed by atoms with Gasteiger partial charge < -0.3 is 4.57 Å². The van der Waals surface area contributed by atoms with Crippen molar-refractivity contribution in [1.29, 1.82) is 0 Å². The molecule has 1 aliphatic heterocycles. The number of nitrogens with zero attached hydrogens (tertiary/aromatic N) is 2. The highest BCUT2D eigenvalue weighted by atomic mass is 35.5. The van der Waals surface area contributed by atoms with Gasteiger partial charge in [-0.2, -0.15) is 0 Å². The number of halogens is 1. The van der Waals surface area contributed by atoms with E-state index in [1.165, 1.54) is 55.1 Å². The van der Waals surface area contributed by atoms with E-state index in [9.17, 15) is 0 Å². The Balaban J connectivity index is 0.00000192. The van der Waals surface area contributed by atoms with Gasteiger partial charge in [0.05, 0.1) is 0 Å². The van der Waals surface area contributed by atoms with Crippen molar-refractivity contribution in [3.05, 3.63) is 71.4 Å². The number of hydrogen-bond donors (Lipinski definition) is 0. The van der Waals surface area contributed by atoms with Crippen molar-refractivity contribution in [3.8, 4) is 0 Å². The predicted molar refractivity (Wildman–Crippen MR) is 120 cm³/mol. The molecule has 2 aromatic carbocycles. The summed E-state index contributed by atoms with van der Waals surface area (Å²) >= 11 is 0. The second-order valence-electron chi connectivity index (χ2n) is 8.61. The second kappa shape index (κ2) is 7.57. The Morgan fingerprint density at radius 1 is 1.00 bits per heavy atom. The molecular formula is C25H31ClN2. The van der Waals surface area contributed by atoms with Crippen molar-refractivity contribution in [3.63, 3.8) is 0 Å². The van der Waals surface area contributed by atoms with Crippen LogP contribution in [0.5, 0.6) is 0 Å². The number of hydrogen-bond acceptors (Lipinski definition) is 1. The Morgan fingerprint density at radius 2 is 1.75 bits per heavy atom. The topological polar surface area (TPSA) is 8.17 Å². The van der Waals surface area contributed by atoms with E-state index in [4.69, 9.17) is 0 Å². The smallest absolute Gasteiger partial charge is 0.0483 e. The highest BCUT2D eigenvalue weighted by Crippen LogP contribution is 2.56. The van der Waals surface area contributed by atoms with E-state index in [0.29, 0.717) is 11.5 Å². The molecule has 2 aliphatic rings. The number of benzene rings is 2. The molecule has 1 fully saturated rings. The van der Waals surface area contributed by atoms with E-state index in [0.717, 1.165) is 6.54 Å². The Hall–Kier alpha value is -1.77. The normalized spacial score (nSPS) is 24.4. The molecule has 3 heteroatoms. The quantitative estimate of drug-likeness (QED) is 0.507. The van der Waals surface area contributed by atoms with E-state index in [1.807, 2.05) is 0 Å². The van der Waals surface area contributed by atoms with Crippen LogP contribution in [0.3, 0.4) is 0 Å². The van der Waals surface area contributed by atoms with E-state index in [-0.39, 0.29) is 12.4 Å². The van der Waals surface area contributed by atoms with Gasteiger partial charge in [0.2, 0.25) is 0 Å². The number of piperidine rings is 1. The van der Waals surface area contributed by atoms with Gasteiger partial charge in [0.1, 0.15) is 0 Å². The summed E-state index contributed by atoms with van der Waals surface area (Å²) in [5.41, 5.74) is 6.49. The molecule has 2 atom stereocenters. The Labute approximate surface area is 175 Å². The van der Waals surface area contributed by atoms with Crippen LogP contribution < -0.4 is 0 Å². The molecule has 1 aliphatic carbocycles. The third-order valence-electron chi connectivity index (χ3n) is 7.40. The molecule has 28 heavy (non-hydrogen) atoms. The second-order valence-corrected chi connectivity index (χ2v) is 8.61. The fourth-order valence-corrected chi connectivity index (χ4v) is 6.02. The molecule has 5 rings (SSSR count). The summed E-state index contributed by atoms with van der Waals surface area (Å²) in [6, 6.07) is 20.7. The molecule has 2 unspecified atom stereocenters. The van der Waals surface area contributed by atoms with Crippen molar-refractivity contribution < 1.29 is 0 Å². The summed E-state index contributed by atoms with van der Waals surface area (Å²) in [6.45, 7) is 4.70. The summed E-state index contributed by atoms with van der Waals surface area (Å²) in [7, 11) is 2.27. The van der Waals surface area contributed by atoms with Crippen LogP contribution in [0.25, 0.3) is 10.9 Å². The average Bonchev–Trinajstić information content (AvgIpc) is 3.01. The van der Waals surface area contributed by atoms with Crippen LogP contribution in [0.4, 0.5) is 0 Å². The molecule has 0 spiro atoms. The van der Waals surface area contributed by atoms with Crippen LogP contribution >= 0.6 is 12.4 Å². The van der Waals surface area contributed by atoms with Crippen molar-refractivity contribution in [1.82, 2.24) is 9.47 Å². The maximum Gasteiger partial charge on any atom is 0.0483 e. The first kappa shape index (κ1) is 19.5. The lowest BCUT2D eigenvalue weighted by molar-refractivity contribution is -0.0114. The van der Waals surface area contributed by atoms with Crippen LogP contribution in [-0.4, -0.2) is 16.0 Å². The molecule has 0 saturated carbocycles. The average molecular weight is 395 g/mol. The third kappa shape index (κ3) is 2.89. The standard InChI is InChI=1S/C25H30N2.ClH/c1-3-25-15-9-17-27(18-19-10-5-4-6-11-19)24(25)23-20-12-7-8-13-21(20)26(2)22(23)14-16-25;/h4-8,10-13,24H,3,9,14-18H2,1-2H3;1H. The highest BCUT2D eigenvalue weighted by Gasteiger charge is 2.48. The molecular weight excluding hydrogens is 364 g/mol. The zero-order chi connectivity index (χ0) is 18.4. The van der Waals surface area contributed by atoms with E-state index in [2.05, 4.69) is 78.0 Å². The van der Waals surface area contributed by atoms with Gasteiger partial charge in [0.15, 0.2) is 0 Å². The van der Waals surface area contributed by atoms with Gasteiger partial charge in [-0.25, -0.2) is 0 Å². The monoisotopic (exact) mass is 394 g/mol. The van der Waals surface area contributed by atoms with Gasteiger partial charge in [0.25, 0.3) is 0 Å². The van der Waals surface area contributed by atoms with Crippen LogP contribution in [0.15, 0.2) is 54.6 Å². The van der Waals surface area contributed by atoms with E-state index >= 15 is 0 Å². The summed E-state index contributed by atoms with van der Waals surface area (Å²) in [4.78, 5) is 2.80. The number of rotatable bonds is 3. The molecule has 0 bridgehead atoms. The van der Waals surface area contributed by atoms with Crippen molar-refractivity contribution in [2.75, 3.05) is 6.54 Å². The molecule has 2 heterocycles. The van der Waals surface area contributed by atoms with E-state index < -0.39 is 0 Å². The van der Waals surface area contributed by atoms with Crippen molar-refractivity contribution in [2.24, 2.45) is 12.5 Å². The SMILES string of the molecule is CCC12CCCN(Cc3ccccc3)C1c1c(n(C)c3ccccc13)CC2.Cl. The zero-order valence-corrected chi connectivity index (χ0v) is 17.8. The first-order valence-corrected chi connectivity index (χ1v) is 10.6. The summed E-state index contributed by atoms with van der Waals surface area (Å²) in [5, 5.41) is 1.48. The fraction of sp³-hybridized carbons (Fsp3) is 0.440. The first-order chi connectivity index (χ1) is 13.2. The van der Waals surface area contributed by atoms with Gasteiger partial charge in [-0.15, -0.1) is 12.4 Å². The number of para-hydroxylation sites is 1. The summed E-state index contributed by atoms with van der Waals surface area (Å²) in [5.74, 6) is 0. The zero-order valence-electron chi connectivity index (χ0n) is 17.0. The van der Waals surface area contributed by atoms with Crippen LogP contribution in [0.1, 0.15) is 55.5 Å². The van der Waals surface area contributed by atoms with Gasteiger partial charge in [-0.1, -0.05) is 55.5 Å². The summed E-state index contributed by atoms with van der Waals surface area (Å²) < 4.78 is 2.47. The largest absolute Gasteiger partial charge is 0.347 e. The minimum absolute atomic E-state index is 0. The maximum absolute atomic E-state index is 2.80. The van der Waals surface area contributed by atoms with Gasteiger partial charge >= 0.3 is 0 Å². The van der Waals surface area contributed by atoms with Crippen LogP contribution in [0, 0.1) is 5.41 Å². The number of aromatic nitrogens is 1. The number of likely N-dealkylation sites (tertiary alicyclic amines) is 1. The van der Waals surface area contributed by atoms with Crippen LogP contribution in [-0.2, 0) is 20.0 Å². The molecule has 2 nitrogen and oxygen atoms in total. The molecule has 1 aromatic heterocycles. The Morgan fingerprint density at radius 3 is 2.54 bits per heavy atom. The van der Waals surface area contributed by atoms with Crippen LogP contribution in [0.2, 0.25) is 0 Å². The molecule has 1 saturated heterocycles. The lowest BCUT2D eigenvalue weighted by Gasteiger charge is -2.53. The maximum atomic E-state index is 2.80. The molecule has 148 valence electrons. The molecule has 3 aromatic rings. The van der Waals surface area contributed by atoms with E-state index in [1.54, 1.807) is 11.3 Å². The van der Waals surface area contributed by atoms with Gasteiger partial charge in [-0.3, -0.25) is 4.90 Å². The highest BCUT2D eigenvalue weighted by molar-refractivity contribution is 5.86. The van der Waals surface area contributed by atoms with Gasteiger partial charge in [-0.05, 0) is 61.3 Å². The molecule has 0 N–H and O–H groups in total. The number of aryl methyl sites for hydroxylation is 1. The van der Waals surface area contributed by atoms with Crippen molar-refractivity contribution in [2.45, 2.75) is 51.6 Å². The van der Waals surface area contributed by atoms with Gasteiger partial charge in [0, 0.05) is 36.2 Å². The minimum atomic E-state index is 0. The van der Waals surface area contributed by atoms with Crippen molar-refractivity contribution >= 4 is 23.3 Å². The summed E-state index contributed by atoms with van der Waals surface area (Å²) in [6.07, 6.45) is 6.55. The predicted octanol–water partition coefficient (Wildman–Crippen LogP) is 6.28. The fourth-order valence-electron chi connectivity index (χ4n) is 6.02. The Kier molecular flexibility index (Phi) is 5.28. The number of fused-ring (bicyclic) bond motifs is 5. The third-order valence-corrected chi connectivity index (χ3v) is 7.40. The lowest BCUT2D eigenvalue weighted by atomic mass is 9.62. The first-order valence-electron chi connectivity index (χ1n) is 10.6. The molecule has 0 amide bonds. The minimum Gasteiger partial charge on any atom is -0.347 e. The Bertz CT molecular complexity index is 961. The molecule has 0 radical (unpaired) electrons.